The molecule has 0 amide bonds. The molecule has 0 unspecified atom stereocenters. The number of rotatable bonds is 3. The third-order valence-electron chi connectivity index (χ3n) is 4.51. The molecule has 5 nitrogen and oxygen atoms in total. The van der Waals surface area contributed by atoms with Gasteiger partial charge in [0.2, 0.25) is 0 Å². The third-order valence-corrected chi connectivity index (χ3v) is 4.51. The van der Waals surface area contributed by atoms with Gasteiger partial charge in [0.05, 0.1) is 12.0 Å². The molecule has 5 heteroatoms. The summed E-state index contributed by atoms with van der Waals surface area (Å²) in [5.74, 6) is -2.55. The Kier molecular flexibility index (Phi) is 3.71. The van der Waals surface area contributed by atoms with Crippen molar-refractivity contribution in [2.45, 2.75) is 39.7 Å². The number of ether oxygens (including phenoxy) is 2. The number of esters is 2. The molecule has 1 saturated carbocycles. The van der Waals surface area contributed by atoms with Crippen molar-refractivity contribution >= 4 is 17.7 Å². The largest absolute Gasteiger partial charge is 0.465 e. The fraction of sp³-hybridized carbons (Fsp3) is 0.667. The lowest BCUT2D eigenvalue weighted by molar-refractivity contribution is -0.159. The van der Waals surface area contributed by atoms with E-state index in [1.165, 1.54) is 0 Å². The Morgan fingerprint density at radius 3 is 2.70 bits per heavy atom. The zero-order valence-electron chi connectivity index (χ0n) is 12.1. The lowest BCUT2D eigenvalue weighted by atomic mass is 9.63. The second-order valence-corrected chi connectivity index (χ2v) is 5.80. The molecule has 0 aromatic carbocycles. The quantitative estimate of drug-likeness (QED) is 0.446. The summed E-state index contributed by atoms with van der Waals surface area (Å²) in [6, 6.07) is 0. The molecule has 0 radical (unpaired) electrons. The number of hydrogen-bond donors (Lipinski definition) is 0. The fourth-order valence-corrected chi connectivity index (χ4v) is 3.12. The van der Waals surface area contributed by atoms with Crippen LogP contribution in [-0.4, -0.2) is 30.4 Å². The van der Waals surface area contributed by atoms with Crippen LogP contribution >= 0.6 is 0 Å². The van der Waals surface area contributed by atoms with Gasteiger partial charge in [-0.05, 0) is 33.1 Å². The lowest BCUT2D eigenvalue weighted by Gasteiger charge is -2.38. The van der Waals surface area contributed by atoms with Crippen LogP contribution in [0.2, 0.25) is 0 Å². The Labute approximate surface area is 118 Å². The van der Waals surface area contributed by atoms with Gasteiger partial charge in [-0.3, -0.25) is 14.4 Å². The molecule has 0 N–H and O–H groups in total. The van der Waals surface area contributed by atoms with Crippen molar-refractivity contribution in [3.63, 3.8) is 0 Å². The topological polar surface area (TPSA) is 69.7 Å². The zero-order chi connectivity index (χ0) is 15.1. The van der Waals surface area contributed by atoms with Gasteiger partial charge in [0, 0.05) is 6.42 Å². The number of carbonyl (C=O) groups excluding carboxylic acids is 3. The van der Waals surface area contributed by atoms with Crippen molar-refractivity contribution in [2.24, 2.45) is 17.3 Å². The zero-order valence-corrected chi connectivity index (χ0v) is 12.1. The van der Waals surface area contributed by atoms with Crippen molar-refractivity contribution in [3.8, 4) is 0 Å². The number of carbonyl (C=O) groups is 3. The second-order valence-electron chi connectivity index (χ2n) is 5.80. The van der Waals surface area contributed by atoms with E-state index < -0.39 is 29.4 Å². The number of fused-ring (bicyclic) bond motifs is 1. The summed E-state index contributed by atoms with van der Waals surface area (Å²) >= 11 is 0. The number of Topliss-reactive ketones (excluding diaryl/α,β-unsaturated/α-hetero) is 1. The minimum absolute atomic E-state index is 0.00863. The molecular formula is C15H20O5. The van der Waals surface area contributed by atoms with Crippen LogP contribution in [0.1, 0.15) is 33.6 Å². The molecule has 2 aliphatic rings. The maximum absolute atomic E-state index is 12.5. The molecule has 0 aromatic heterocycles. The van der Waals surface area contributed by atoms with E-state index in [1.807, 2.05) is 6.92 Å². The first-order valence-electron chi connectivity index (χ1n) is 6.88. The summed E-state index contributed by atoms with van der Waals surface area (Å²) < 4.78 is 10.2. The Morgan fingerprint density at radius 1 is 1.50 bits per heavy atom. The molecule has 0 bridgehead atoms. The molecule has 1 saturated heterocycles. The van der Waals surface area contributed by atoms with Gasteiger partial charge >= 0.3 is 11.9 Å². The standard InChI is InChI=1S/C15H20O5/c1-5-19-13(17)12-14(18)20-11-7-9(8(2)3)6-10(16)15(11,12)4/h9,11-12H,2,5-7H2,1,3-4H3/t9-,11-,12-,15-/m0/s1. The van der Waals surface area contributed by atoms with Gasteiger partial charge in [-0.2, -0.15) is 0 Å². The summed E-state index contributed by atoms with van der Waals surface area (Å²) in [7, 11) is 0. The van der Waals surface area contributed by atoms with E-state index in [0.717, 1.165) is 5.57 Å². The van der Waals surface area contributed by atoms with Crippen molar-refractivity contribution in [2.75, 3.05) is 6.61 Å². The van der Waals surface area contributed by atoms with E-state index in [-0.39, 0.29) is 18.3 Å². The fourth-order valence-electron chi connectivity index (χ4n) is 3.12. The van der Waals surface area contributed by atoms with Gasteiger partial charge in [0.1, 0.15) is 11.9 Å². The SMILES string of the molecule is C=C(C)[C@H]1CC(=O)[C@]2(C)[C@@H](C(=O)OCC)C(=O)O[C@H]2C1. The van der Waals surface area contributed by atoms with Crippen molar-refractivity contribution in [3.05, 3.63) is 12.2 Å². The normalized spacial score (nSPS) is 36.2. The molecule has 1 aliphatic carbocycles. The second kappa shape index (κ2) is 5.04. The molecule has 2 rings (SSSR count). The Bertz CT molecular complexity index is 481. The first-order chi connectivity index (χ1) is 9.32. The molecule has 20 heavy (non-hydrogen) atoms. The summed E-state index contributed by atoms with van der Waals surface area (Å²) in [5.41, 5.74) is -0.203. The Hall–Kier alpha value is -1.65. The smallest absolute Gasteiger partial charge is 0.321 e. The average Bonchev–Trinajstić information content (AvgIpc) is 2.61. The van der Waals surface area contributed by atoms with Gasteiger partial charge < -0.3 is 9.47 Å². The van der Waals surface area contributed by atoms with Crippen LogP contribution in [0.25, 0.3) is 0 Å². The van der Waals surface area contributed by atoms with Gasteiger partial charge in [-0.1, -0.05) is 12.2 Å². The minimum atomic E-state index is -1.13. The minimum Gasteiger partial charge on any atom is -0.465 e. The number of allylic oxidation sites excluding steroid dienone is 1. The van der Waals surface area contributed by atoms with Gasteiger partial charge in [-0.25, -0.2) is 0 Å². The summed E-state index contributed by atoms with van der Waals surface area (Å²) in [6.45, 7) is 9.21. The summed E-state index contributed by atoms with van der Waals surface area (Å²) in [6.07, 6.45) is 0.279. The van der Waals surface area contributed by atoms with E-state index in [2.05, 4.69) is 6.58 Å². The monoisotopic (exact) mass is 280 g/mol. The van der Waals surface area contributed by atoms with Crippen LogP contribution in [0.5, 0.6) is 0 Å². The third kappa shape index (κ3) is 2.05. The molecule has 4 atom stereocenters. The molecule has 0 spiro atoms. The Balaban J connectivity index is 2.32. The van der Waals surface area contributed by atoms with E-state index in [1.54, 1.807) is 13.8 Å². The van der Waals surface area contributed by atoms with Crippen molar-refractivity contribution in [1.29, 1.82) is 0 Å². The highest BCUT2D eigenvalue weighted by atomic mass is 16.6. The highest BCUT2D eigenvalue weighted by Gasteiger charge is 2.64. The van der Waals surface area contributed by atoms with Gasteiger partial charge in [-0.15, -0.1) is 0 Å². The van der Waals surface area contributed by atoms with Gasteiger partial charge in [0.25, 0.3) is 0 Å². The van der Waals surface area contributed by atoms with Crippen molar-refractivity contribution < 1.29 is 23.9 Å². The van der Waals surface area contributed by atoms with Crippen LogP contribution in [0.15, 0.2) is 12.2 Å². The molecule has 2 fully saturated rings. The van der Waals surface area contributed by atoms with Crippen LogP contribution in [0, 0.1) is 17.3 Å². The first kappa shape index (κ1) is 14.8. The highest BCUT2D eigenvalue weighted by Crippen LogP contribution is 2.50. The lowest BCUT2D eigenvalue weighted by Crippen LogP contribution is -2.49. The summed E-state index contributed by atoms with van der Waals surface area (Å²) in [5, 5.41) is 0. The maximum Gasteiger partial charge on any atom is 0.321 e. The summed E-state index contributed by atoms with van der Waals surface area (Å²) in [4.78, 5) is 36.5. The molecular weight excluding hydrogens is 260 g/mol. The Morgan fingerprint density at radius 2 is 2.15 bits per heavy atom. The van der Waals surface area contributed by atoms with Crippen molar-refractivity contribution in [1.82, 2.24) is 0 Å². The number of ketones is 1. The van der Waals surface area contributed by atoms with Crippen LogP contribution < -0.4 is 0 Å². The predicted molar refractivity (Wildman–Crippen MR) is 70.7 cm³/mol. The molecule has 110 valence electrons. The first-order valence-corrected chi connectivity index (χ1v) is 6.88. The van der Waals surface area contributed by atoms with E-state index in [4.69, 9.17) is 9.47 Å². The van der Waals surface area contributed by atoms with Crippen LogP contribution in [-0.2, 0) is 23.9 Å². The maximum atomic E-state index is 12.5. The molecule has 1 heterocycles. The van der Waals surface area contributed by atoms with Crippen LogP contribution in [0.4, 0.5) is 0 Å². The average molecular weight is 280 g/mol. The number of hydrogen-bond acceptors (Lipinski definition) is 5. The molecule has 1 aliphatic heterocycles. The predicted octanol–water partition coefficient (Wildman–Crippen LogP) is 1.65. The van der Waals surface area contributed by atoms with E-state index in [9.17, 15) is 14.4 Å². The van der Waals surface area contributed by atoms with E-state index in [0.29, 0.717) is 12.8 Å². The van der Waals surface area contributed by atoms with Crippen LogP contribution in [0.3, 0.4) is 0 Å². The van der Waals surface area contributed by atoms with E-state index >= 15 is 0 Å². The molecule has 0 aromatic rings. The highest BCUT2D eigenvalue weighted by molar-refractivity contribution is 6.05. The van der Waals surface area contributed by atoms with Gasteiger partial charge in [0.15, 0.2) is 5.92 Å².